The number of aromatic nitrogens is 4. The Kier molecular flexibility index (Phi) is 5.82. The van der Waals surface area contributed by atoms with Gasteiger partial charge in [0.05, 0.1) is 28.3 Å². The molecule has 2 amide bonds. The van der Waals surface area contributed by atoms with Crippen molar-refractivity contribution in [2.45, 2.75) is 45.1 Å². The summed E-state index contributed by atoms with van der Waals surface area (Å²) in [5.41, 5.74) is 8.87. The van der Waals surface area contributed by atoms with Crippen molar-refractivity contribution < 1.29 is 9.59 Å². The molecule has 1 atom stereocenters. The van der Waals surface area contributed by atoms with Crippen LogP contribution in [0.15, 0.2) is 29.2 Å². The van der Waals surface area contributed by atoms with E-state index in [9.17, 15) is 14.4 Å². The van der Waals surface area contributed by atoms with E-state index in [4.69, 9.17) is 5.73 Å². The normalized spacial score (nSPS) is 16.5. The molecule has 32 heavy (non-hydrogen) atoms. The van der Waals surface area contributed by atoms with Gasteiger partial charge in [-0.1, -0.05) is 6.07 Å². The molecule has 0 unspecified atom stereocenters. The molecule has 9 heteroatoms. The van der Waals surface area contributed by atoms with E-state index in [0.717, 1.165) is 35.9 Å². The van der Waals surface area contributed by atoms with Crippen molar-refractivity contribution >= 4 is 22.8 Å². The van der Waals surface area contributed by atoms with Crippen molar-refractivity contribution in [1.29, 1.82) is 0 Å². The monoisotopic (exact) mass is 436 g/mol. The quantitative estimate of drug-likeness (QED) is 0.654. The summed E-state index contributed by atoms with van der Waals surface area (Å²) in [6, 6.07) is 5.68. The maximum Gasteiger partial charge on any atom is 0.328 e. The van der Waals surface area contributed by atoms with E-state index in [-0.39, 0.29) is 17.6 Å². The number of nitrogens with two attached hydrogens (primary N) is 1. The lowest BCUT2D eigenvalue weighted by molar-refractivity contribution is -0.135. The zero-order valence-electron chi connectivity index (χ0n) is 18.7. The second-order valence-corrected chi connectivity index (χ2v) is 8.41. The molecule has 168 valence electrons. The summed E-state index contributed by atoms with van der Waals surface area (Å²) in [5.74, 6) is 0.0525. The number of hydrogen-bond acceptors (Lipinski definition) is 5. The Labute approximate surface area is 185 Å². The van der Waals surface area contributed by atoms with Gasteiger partial charge in [-0.15, -0.1) is 0 Å². The topological polar surface area (TPSA) is 116 Å². The summed E-state index contributed by atoms with van der Waals surface area (Å²) in [7, 11) is 3.51. The summed E-state index contributed by atoms with van der Waals surface area (Å²) in [4.78, 5) is 47.5. The Hall–Kier alpha value is -3.49. The van der Waals surface area contributed by atoms with Crippen LogP contribution in [0.1, 0.15) is 59.2 Å². The van der Waals surface area contributed by atoms with Gasteiger partial charge in [-0.2, -0.15) is 0 Å². The van der Waals surface area contributed by atoms with Crippen LogP contribution in [-0.4, -0.2) is 42.4 Å². The Morgan fingerprint density at radius 3 is 2.62 bits per heavy atom. The van der Waals surface area contributed by atoms with E-state index in [0.29, 0.717) is 36.5 Å². The van der Waals surface area contributed by atoms with E-state index in [1.165, 1.54) is 6.20 Å². The van der Waals surface area contributed by atoms with Crippen molar-refractivity contribution in [3.63, 3.8) is 0 Å². The van der Waals surface area contributed by atoms with Crippen LogP contribution in [0.3, 0.4) is 0 Å². The van der Waals surface area contributed by atoms with Gasteiger partial charge in [0.1, 0.15) is 0 Å². The van der Waals surface area contributed by atoms with Gasteiger partial charge >= 0.3 is 5.69 Å². The molecule has 0 radical (unpaired) electrons. The molecule has 2 aromatic heterocycles. The number of rotatable bonds is 5. The molecule has 3 heterocycles. The maximum atomic E-state index is 13.1. The van der Waals surface area contributed by atoms with Gasteiger partial charge < -0.3 is 10.6 Å². The summed E-state index contributed by atoms with van der Waals surface area (Å²) in [6.45, 7) is 2.39. The zero-order chi connectivity index (χ0) is 23.0. The third kappa shape index (κ3) is 3.90. The number of fused-ring (bicyclic) bond motifs is 1. The first-order chi connectivity index (χ1) is 15.3. The third-order valence-electron chi connectivity index (χ3n) is 6.35. The lowest BCUT2D eigenvalue weighted by Gasteiger charge is -2.35. The molecule has 4 rings (SSSR count). The van der Waals surface area contributed by atoms with E-state index in [1.807, 2.05) is 23.1 Å². The summed E-state index contributed by atoms with van der Waals surface area (Å²) in [5, 5.41) is 0. The number of imidazole rings is 1. The highest BCUT2D eigenvalue weighted by atomic mass is 16.2. The summed E-state index contributed by atoms with van der Waals surface area (Å²) >= 11 is 0. The minimum absolute atomic E-state index is 0.0528. The van der Waals surface area contributed by atoms with Gasteiger partial charge in [0.2, 0.25) is 5.91 Å². The van der Waals surface area contributed by atoms with Crippen LogP contribution in [-0.2, 0) is 25.3 Å². The van der Waals surface area contributed by atoms with Crippen LogP contribution in [0.4, 0.5) is 0 Å². The maximum absolute atomic E-state index is 13.1. The van der Waals surface area contributed by atoms with Gasteiger partial charge in [-0.3, -0.25) is 18.7 Å². The molecule has 0 aliphatic carbocycles. The van der Waals surface area contributed by atoms with Crippen LogP contribution in [0.2, 0.25) is 0 Å². The van der Waals surface area contributed by atoms with Crippen molar-refractivity contribution in [1.82, 2.24) is 24.0 Å². The van der Waals surface area contributed by atoms with Crippen LogP contribution in [0.5, 0.6) is 0 Å². The van der Waals surface area contributed by atoms with E-state index >= 15 is 0 Å². The summed E-state index contributed by atoms with van der Waals surface area (Å²) in [6.07, 6.45) is 5.13. The average Bonchev–Trinajstić information content (AvgIpc) is 3.00. The van der Waals surface area contributed by atoms with Gasteiger partial charge in [-0.25, -0.2) is 14.8 Å². The van der Waals surface area contributed by atoms with Crippen molar-refractivity contribution in [3.8, 4) is 0 Å². The Bertz CT molecular complexity index is 1260. The van der Waals surface area contributed by atoms with Crippen LogP contribution in [0, 0.1) is 6.92 Å². The SMILES string of the molecule is Cc1nc([C@H]2CCCCN2C(=O)CCc2ccc3c(c2)n(C)c(=O)n3C)ncc1C(N)=O. The predicted molar refractivity (Wildman–Crippen MR) is 120 cm³/mol. The fourth-order valence-electron chi connectivity index (χ4n) is 4.49. The molecule has 1 aliphatic rings. The number of aryl methyl sites for hydroxylation is 4. The number of nitrogens with zero attached hydrogens (tertiary/aromatic N) is 5. The number of hydrogen-bond donors (Lipinski definition) is 1. The molecular weight excluding hydrogens is 408 g/mol. The van der Waals surface area contributed by atoms with Crippen LogP contribution in [0.25, 0.3) is 11.0 Å². The fourth-order valence-corrected chi connectivity index (χ4v) is 4.49. The van der Waals surface area contributed by atoms with Gasteiger partial charge in [0, 0.05) is 33.3 Å². The molecule has 1 aliphatic heterocycles. The number of benzene rings is 1. The molecule has 1 fully saturated rings. The molecule has 1 aromatic carbocycles. The molecule has 9 nitrogen and oxygen atoms in total. The zero-order valence-corrected chi connectivity index (χ0v) is 18.7. The molecule has 3 aromatic rings. The largest absolute Gasteiger partial charge is 0.365 e. The molecule has 2 N–H and O–H groups in total. The van der Waals surface area contributed by atoms with Crippen molar-refractivity contribution in [3.05, 3.63) is 57.5 Å². The van der Waals surface area contributed by atoms with Crippen molar-refractivity contribution in [2.75, 3.05) is 6.54 Å². The predicted octanol–water partition coefficient (Wildman–Crippen LogP) is 1.76. The molecule has 0 spiro atoms. The first kappa shape index (κ1) is 21.7. The van der Waals surface area contributed by atoms with Crippen molar-refractivity contribution in [2.24, 2.45) is 19.8 Å². The Morgan fingerprint density at radius 2 is 1.91 bits per heavy atom. The number of carbonyl (C=O) groups is 2. The second kappa shape index (κ2) is 8.57. The minimum Gasteiger partial charge on any atom is -0.365 e. The Balaban J connectivity index is 1.51. The highest BCUT2D eigenvalue weighted by Gasteiger charge is 2.30. The highest BCUT2D eigenvalue weighted by Crippen LogP contribution is 2.30. The van der Waals surface area contributed by atoms with E-state index in [1.54, 1.807) is 30.2 Å². The minimum atomic E-state index is -0.557. The number of amides is 2. The summed E-state index contributed by atoms with van der Waals surface area (Å²) < 4.78 is 3.24. The Morgan fingerprint density at radius 1 is 1.16 bits per heavy atom. The molecule has 1 saturated heterocycles. The number of likely N-dealkylation sites (tertiary alicyclic amines) is 1. The third-order valence-corrected chi connectivity index (χ3v) is 6.35. The van der Waals surface area contributed by atoms with Gasteiger partial charge in [0.15, 0.2) is 5.82 Å². The lowest BCUT2D eigenvalue weighted by Crippen LogP contribution is -2.39. The first-order valence-electron chi connectivity index (χ1n) is 10.8. The lowest BCUT2D eigenvalue weighted by atomic mass is 9.99. The van der Waals surface area contributed by atoms with Gasteiger partial charge in [0.25, 0.3) is 5.91 Å². The fraction of sp³-hybridized carbons (Fsp3) is 0.435. The number of primary amides is 1. The molecule has 0 saturated carbocycles. The first-order valence-corrected chi connectivity index (χ1v) is 10.8. The molecular formula is C23H28N6O3. The average molecular weight is 437 g/mol. The smallest absolute Gasteiger partial charge is 0.328 e. The highest BCUT2D eigenvalue weighted by molar-refractivity contribution is 5.93. The van der Waals surface area contributed by atoms with E-state index in [2.05, 4.69) is 9.97 Å². The van der Waals surface area contributed by atoms with Gasteiger partial charge in [-0.05, 0) is 50.3 Å². The number of piperidine rings is 1. The standard InChI is InChI=1S/C23H28N6O3/c1-14-16(21(24)31)13-25-22(26-14)18-6-4-5-11-29(18)20(30)10-8-15-7-9-17-19(12-15)28(3)23(32)27(17)2/h7,9,12-13,18H,4-6,8,10-11H2,1-3H3,(H2,24,31)/t18-/m1/s1. The molecule has 0 bridgehead atoms. The number of carbonyl (C=O) groups excluding carboxylic acids is 2. The van der Waals surface area contributed by atoms with Crippen LogP contribution >= 0.6 is 0 Å². The van der Waals surface area contributed by atoms with E-state index < -0.39 is 5.91 Å². The second-order valence-electron chi connectivity index (χ2n) is 8.41. The van der Waals surface area contributed by atoms with Crippen LogP contribution < -0.4 is 11.4 Å².